The first-order valence-corrected chi connectivity index (χ1v) is 6.72. The highest BCUT2D eigenvalue weighted by atomic mass is 19.1. The van der Waals surface area contributed by atoms with E-state index in [9.17, 15) is 9.18 Å². The normalized spacial score (nSPS) is 13.2. The van der Waals surface area contributed by atoms with E-state index in [2.05, 4.69) is 0 Å². The van der Waals surface area contributed by atoms with E-state index in [1.807, 2.05) is 18.2 Å². The van der Waals surface area contributed by atoms with Crippen LogP contribution >= 0.6 is 0 Å². The molecule has 104 valence electrons. The fourth-order valence-corrected chi connectivity index (χ4v) is 2.85. The second-order valence-electron chi connectivity index (χ2n) is 4.95. The number of hydrogen-bond acceptors (Lipinski definition) is 3. The molecule has 0 unspecified atom stereocenters. The van der Waals surface area contributed by atoms with Crippen LogP contribution in [0.5, 0.6) is 5.75 Å². The number of fused-ring (bicyclic) bond motifs is 5. The number of hydrogen-bond donors (Lipinski definition) is 0. The van der Waals surface area contributed by atoms with Crippen molar-refractivity contribution in [3.05, 3.63) is 64.3 Å². The van der Waals surface area contributed by atoms with Gasteiger partial charge in [0.1, 0.15) is 5.58 Å². The van der Waals surface area contributed by atoms with E-state index in [1.54, 1.807) is 18.2 Å². The Bertz CT molecular complexity index is 912. The molecule has 0 spiro atoms. The van der Waals surface area contributed by atoms with Crippen molar-refractivity contribution in [2.45, 2.75) is 6.42 Å². The van der Waals surface area contributed by atoms with E-state index >= 15 is 0 Å². The Morgan fingerprint density at radius 1 is 1.05 bits per heavy atom. The van der Waals surface area contributed by atoms with Crippen LogP contribution in [0, 0.1) is 5.82 Å². The molecule has 2 aromatic carbocycles. The minimum absolute atomic E-state index is 0.124. The summed E-state index contributed by atoms with van der Waals surface area (Å²) in [6.07, 6.45) is 0.537. The number of ether oxygens (including phenoxy) is 1. The Kier molecular flexibility index (Phi) is 2.57. The molecule has 0 atom stereocenters. The summed E-state index contributed by atoms with van der Waals surface area (Å²) in [5.74, 6) is -0.341. The topological polar surface area (TPSA) is 39.4 Å². The molecule has 0 bridgehead atoms. The maximum Gasteiger partial charge on any atom is 0.344 e. The Balaban J connectivity index is 2.17. The number of benzene rings is 2. The molecular formula is C17H11FO3. The Labute approximate surface area is 119 Å². The van der Waals surface area contributed by atoms with Crippen LogP contribution in [0.15, 0.2) is 51.7 Å². The average Bonchev–Trinajstić information content (AvgIpc) is 2.68. The molecule has 21 heavy (non-hydrogen) atoms. The van der Waals surface area contributed by atoms with Gasteiger partial charge in [0.25, 0.3) is 0 Å². The summed E-state index contributed by atoms with van der Waals surface area (Å²) in [5.41, 5.74) is 1.80. The van der Waals surface area contributed by atoms with Crippen molar-refractivity contribution in [1.82, 2.24) is 0 Å². The molecule has 0 fully saturated rings. The standard InChI is InChI=1S/C17H11FO3/c18-13-6-3-5-12-15-11(8-9-20-16(12)13)10-4-1-2-7-14(10)21-17(15)19/h1-7H,8-9H2. The van der Waals surface area contributed by atoms with Crippen molar-refractivity contribution in [3.63, 3.8) is 0 Å². The molecule has 0 N–H and O–H groups in total. The zero-order valence-electron chi connectivity index (χ0n) is 11.1. The van der Waals surface area contributed by atoms with Crippen LogP contribution in [0.3, 0.4) is 0 Å². The molecule has 0 saturated heterocycles. The third-order valence-electron chi connectivity index (χ3n) is 3.76. The predicted molar refractivity (Wildman–Crippen MR) is 77.1 cm³/mol. The molecule has 3 aromatic rings. The molecule has 0 amide bonds. The van der Waals surface area contributed by atoms with Gasteiger partial charge in [0.05, 0.1) is 12.2 Å². The first-order chi connectivity index (χ1) is 10.3. The Hall–Kier alpha value is -2.62. The lowest BCUT2D eigenvalue weighted by Gasteiger charge is -2.09. The van der Waals surface area contributed by atoms with Crippen LogP contribution in [0.4, 0.5) is 4.39 Å². The second-order valence-corrected chi connectivity index (χ2v) is 4.95. The smallest absolute Gasteiger partial charge is 0.344 e. The maximum atomic E-state index is 13.9. The van der Waals surface area contributed by atoms with Crippen LogP contribution < -0.4 is 10.4 Å². The molecule has 1 aromatic heterocycles. The van der Waals surface area contributed by atoms with Crippen molar-refractivity contribution >= 4 is 11.0 Å². The maximum absolute atomic E-state index is 13.9. The molecule has 3 nitrogen and oxygen atoms in total. The van der Waals surface area contributed by atoms with E-state index in [-0.39, 0.29) is 5.75 Å². The molecule has 1 aliphatic rings. The van der Waals surface area contributed by atoms with E-state index in [4.69, 9.17) is 9.15 Å². The number of halogens is 1. The van der Waals surface area contributed by atoms with E-state index in [1.165, 1.54) is 6.07 Å². The average molecular weight is 282 g/mol. The van der Waals surface area contributed by atoms with Gasteiger partial charge in [-0.2, -0.15) is 0 Å². The van der Waals surface area contributed by atoms with Crippen LogP contribution in [0.25, 0.3) is 22.1 Å². The van der Waals surface area contributed by atoms with Crippen molar-refractivity contribution in [2.24, 2.45) is 0 Å². The van der Waals surface area contributed by atoms with Gasteiger partial charge in [0.15, 0.2) is 11.6 Å². The van der Waals surface area contributed by atoms with Crippen molar-refractivity contribution in [1.29, 1.82) is 0 Å². The molecule has 1 aliphatic heterocycles. The van der Waals surface area contributed by atoms with Gasteiger partial charge in [-0.1, -0.05) is 30.3 Å². The first kappa shape index (κ1) is 12.1. The lowest BCUT2D eigenvalue weighted by molar-refractivity contribution is 0.310. The van der Waals surface area contributed by atoms with Crippen molar-refractivity contribution in [3.8, 4) is 16.9 Å². The minimum atomic E-state index is -0.465. The Morgan fingerprint density at radius 2 is 1.90 bits per heavy atom. The van der Waals surface area contributed by atoms with Gasteiger partial charge in [0, 0.05) is 17.4 Å². The summed E-state index contributed by atoms with van der Waals surface area (Å²) in [6.45, 7) is 0.328. The first-order valence-electron chi connectivity index (χ1n) is 6.72. The zero-order chi connectivity index (χ0) is 14.4. The molecule has 2 heterocycles. The van der Waals surface area contributed by atoms with Gasteiger partial charge in [0.2, 0.25) is 0 Å². The van der Waals surface area contributed by atoms with Gasteiger partial charge < -0.3 is 9.15 Å². The van der Waals surface area contributed by atoms with Gasteiger partial charge in [-0.05, 0) is 17.7 Å². The number of para-hydroxylation sites is 2. The summed E-state index contributed by atoms with van der Waals surface area (Å²) in [5, 5.41) is 0.868. The van der Waals surface area contributed by atoms with Crippen LogP contribution in [0.2, 0.25) is 0 Å². The van der Waals surface area contributed by atoms with Gasteiger partial charge in [-0.15, -0.1) is 0 Å². The fourth-order valence-electron chi connectivity index (χ4n) is 2.85. The van der Waals surface area contributed by atoms with Gasteiger partial charge >= 0.3 is 5.63 Å². The summed E-state index contributed by atoms with van der Waals surface area (Å²) < 4.78 is 24.8. The SMILES string of the molecule is O=c1oc2ccccc2c2c1-c1cccc(F)c1OCC2. The van der Waals surface area contributed by atoms with Gasteiger partial charge in [-0.3, -0.25) is 0 Å². The molecule has 0 radical (unpaired) electrons. The monoisotopic (exact) mass is 282 g/mol. The molecule has 0 aliphatic carbocycles. The summed E-state index contributed by atoms with van der Waals surface area (Å²) in [4.78, 5) is 12.4. The molecular weight excluding hydrogens is 271 g/mol. The number of rotatable bonds is 0. The molecule has 0 saturated carbocycles. The minimum Gasteiger partial charge on any atom is -0.490 e. The second kappa shape index (κ2) is 4.45. The zero-order valence-corrected chi connectivity index (χ0v) is 11.1. The van der Waals surface area contributed by atoms with E-state index in [0.29, 0.717) is 29.7 Å². The van der Waals surface area contributed by atoms with E-state index in [0.717, 1.165) is 10.9 Å². The third kappa shape index (κ3) is 1.76. The third-order valence-corrected chi connectivity index (χ3v) is 3.76. The largest absolute Gasteiger partial charge is 0.490 e. The highest BCUT2D eigenvalue weighted by Gasteiger charge is 2.24. The summed E-state index contributed by atoms with van der Waals surface area (Å²) >= 11 is 0. The molecule has 4 rings (SSSR count). The Morgan fingerprint density at radius 3 is 2.81 bits per heavy atom. The van der Waals surface area contributed by atoms with Crippen LogP contribution in [-0.2, 0) is 6.42 Å². The van der Waals surface area contributed by atoms with E-state index < -0.39 is 11.4 Å². The van der Waals surface area contributed by atoms with Crippen molar-refractivity contribution < 1.29 is 13.5 Å². The predicted octanol–water partition coefficient (Wildman–Crippen LogP) is 3.53. The molecule has 4 heteroatoms. The van der Waals surface area contributed by atoms with Crippen molar-refractivity contribution in [2.75, 3.05) is 6.61 Å². The highest BCUT2D eigenvalue weighted by Crippen LogP contribution is 2.37. The van der Waals surface area contributed by atoms with Crippen LogP contribution in [-0.4, -0.2) is 6.61 Å². The lowest BCUT2D eigenvalue weighted by atomic mass is 9.97. The van der Waals surface area contributed by atoms with Crippen LogP contribution in [0.1, 0.15) is 5.56 Å². The summed E-state index contributed by atoms with van der Waals surface area (Å²) in [7, 11) is 0. The van der Waals surface area contributed by atoms with Gasteiger partial charge in [-0.25, -0.2) is 9.18 Å². The fraction of sp³-hybridized carbons (Fsp3) is 0.118. The highest BCUT2D eigenvalue weighted by molar-refractivity contribution is 5.88. The summed E-state index contributed by atoms with van der Waals surface area (Å²) in [6, 6.07) is 12.0. The lowest BCUT2D eigenvalue weighted by Crippen LogP contribution is -2.07. The quantitative estimate of drug-likeness (QED) is 0.592.